The minimum atomic E-state index is -0.0180. The predicted octanol–water partition coefficient (Wildman–Crippen LogP) is 4.22. The molecule has 2 aliphatic carbocycles. The Morgan fingerprint density at radius 1 is 1.30 bits per heavy atom. The highest BCUT2D eigenvalue weighted by Crippen LogP contribution is 2.36. The molecule has 0 radical (unpaired) electrons. The summed E-state index contributed by atoms with van der Waals surface area (Å²) in [6, 6.07) is 8.25. The van der Waals surface area contributed by atoms with Crippen LogP contribution in [0.2, 0.25) is 5.02 Å². The summed E-state index contributed by atoms with van der Waals surface area (Å²) < 4.78 is 0. The van der Waals surface area contributed by atoms with E-state index in [-0.39, 0.29) is 5.25 Å². The van der Waals surface area contributed by atoms with Crippen LogP contribution in [0.3, 0.4) is 0 Å². The van der Waals surface area contributed by atoms with E-state index in [2.05, 4.69) is 4.90 Å². The van der Waals surface area contributed by atoms with Crippen LogP contribution in [0.15, 0.2) is 29.2 Å². The zero-order chi connectivity index (χ0) is 14.1. The van der Waals surface area contributed by atoms with E-state index < -0.39 is 0 Å². The molecule has 2 nitrogen and oxygen atoms in total. The van der Waals surface area contributed by atoms with E-state index in [0.717, 1.165) is 22.4 Å². The summed E-state index contributed by atoms with van der Waals surface area (Å²) >= 11 is 7.52. The van der Waals surface area contributed by atoms with E-state index in [1.54, 1.807) is 11.8 Å². The molecule has 1 atom stereocenters. The van der Waals surface area contributed by atoms with Gasteiger partial charge in [0.1, 0.15) is 0 Å². The molecule has 0 bridgehead atoms. The van der Waals surface area contributed by atoms with Gasteiger partial charge in [-0.25, -0.2) is 0 Å². The Morgan fingerprint density at radius 2 is 1.95 bits per heavy atom. The lowest BCUT2D eigenvalue weighted by Gasteiger charge is -2.25. The second-order valence-electron chi connectivity index (χ2n) is 5.88. The van der Waals surface area contributed by atoms with E-state index >= 15 is 0 Å². The fourth-order valence-corrected chi connectivity index (χ4v) is 3.45. The highest BCUT2D eigenvalue weighted by molar-refractivity contribution is 8.00. The van der Waals surface area contributed by atoms with Crippen LogP contribution in [0, 0.1) is 5.92 Å². The van der Waals surface area contributed by atoms with Gasteiger partial charge in [-0.3, -0.25) is 4.79 Å². The number of nitrogens with zero attached hydrogens (tertiary/aromatic N) is 1. The molecule has 1 amide bonds. The van der Waals surface area contributed by atoms with Crippen molar-refractivity contribution in [2.75, 3.05) is 6.54 Å². The first kappa shape index (κ1) is 14.3. The van der Waals surface area contributed by atoms with Gasteiger partial charge in [0.05, 0.1) is 5.25 Å². The van der Waals surface area contributed by atoms with Crippen LogP contribution in [0.4, 0.5) is 0 Å². The molecular formula is C16H20ClNOS. The first-order chi connectivity index (χ1) is 9.63. The zero-order valence-corrected chi connectivity index (χ0v) is 13.3. The fourth-order valence-electron chi connectivity index (χ4n) is 2.39. The average Bonchev–Trinajstić information content (AvgIpc) is 3.30. The number of hydrogen-bond donors (Lipinski definition) is 0. The molecule has 0 spiro atoms. The highest BCUT2D eigenvalue weighted by Gasteiger charge is 2.38. The molecule has 1 aromatic carbocycles. The lowest BCUT2D eigenvalue weighted by molar-refractivity contribution is -0.131. The van der Waals surface area contributed by atoms with Crippen molar-refractivity contribution in [3.63, 3.8) is 0 Å². The molecular weight excluding hydrogens is 290 g/mol. The van der Waals surface area contributed by atoms with E-state index in [4.69, 9.17) is 11.6 Å². The van der Waals surface area contributed by atoms with Crippen LogP contribution in [0.1, 0.15) is 32.6 Å². The number of carbonyl (C=O) groups excluding carboxylic acids is 1. The van der Waals surface area contributed by atoms with Crippen molar-refractivity contribution < 1.29 is 4.79 Å². The Labute approximate surface area is 129 Å². The SMILES string of the molecule is CC(Sc1ccc(Cl)cc1)C(=O)N(CC1CC1)C1CC1. The van der Waals surface area contributed by atoms with Gasteiger partial charge in [0, 0.05) is 22.5 Å². The molecule has 4 heteroatoms. The van der Waals surface area contributed by atoms with Crippen LogP contribution < -0.4 is 0 Å². The molecule has 2 aliphatic rings. The molecule has 0 saturated heterocycles. The van der Waals surface area contributed by atoms with Crippen LogP contribution in [-0.4, -0.2) is 28.6 Å². The minimum Gasteiger partial charge on any atom is -0.338 e. The number of amides is 1. The van der Waals surface area contributed by atoms with Gasteiger partial charge in [-0.15, -0.1) is 11.8 Å². The zero-order valence-electron chi connectivity index (χ0n) is 11.7. The molecule has 0 aromatic heterocycles. The lowest BCUT2D eigenvalue weighted by Crippen LogP contribution is -2.39. The third kappa shape index (κ3) is 3.70. The molecule has 2 saturated carbocycles. The molecule has 1 unspecified atom stereocenters. The number of benzene rings is 1. The summed E-state index contributed by atoms with van der Waals surface area (Å²) in [7, 11) is 0. The van der Waals surface area contributed by atoms with Gasteiger partial charge in [-0.05, 0) is 62.8 Å². The van der Waals surface area contributed by atoms with Crippen molar-refractivity contribution in [2.45, 2.75) is 48.8 Å². The van der Waals surface area contributed by atoms with Gasteiger partial charge in [0.2, 0.25) is 5.91 Å². The second kappa shape index (κ2) is 5.98. The molecule has 0 aliphatic heterocycles. The maximum Gasteiger partial charge on any atom is 0.236 e. The van der Waals surface area contributed by atoms with Crippen molar-refractivity contribution in [1.29, 1.82) is 0 Å². The Kier molecular flexibility index (Phi) is 4.27. The normalized spacial score (nSPS) is 19.7. The van der Waals surface area contributed by atoms with Gasteiger partial charge in [0.25, 0.3) is 0 Å². The second-order valence-corrected chi connectivity index (χ2v) is 7.73. The number of rotatable bonds is 6. The van der Waals surface area contributed by atoms with Crippen LogP contribution in [0.5, 0.6) is 0 Å². The number of carbonyl (C=O) groups is 1. The largest absolute Gasteiger partial charge is 0.338 e. The first-order valence-corrected chi connectivity index (χ1v) is 8.62. The van der Waals surface area contributed by atoms with E-state index in [1.165, 1.54) is 25.7 Å². The van der Waals surface area contributed by atoms with E-state index in [0.29, 0.717) is 11.9 Å². The maximum absolute atomic E-state index is 12.6. The Balaban J connectivity index is 1.60. The third-order valence-corrected chi connectivity index (χ3v) is 5.25. The van der Waals surface area contributed by atoms with Crippen molar-refractivity contribution in [3.05, 3.63) is 29.3 Å². The number of halogens is 1. The van der Waals surface area contributed by atoms with Crippen molar-refractivity contribution >= 4 is 29.3 Å². The first-order valence-electron chi connectivity index (χ1n) is 7.36. The van der Waals surface area contributed by atoms with Gasteiger partial charge >= 0.3 is 0 Å². The molecule has 20 heavy (non-hydrogen) atoms. The topological polar surface area (TPSA) is 20.3 Å². The summed E-state index contributed by atoms with van der Waals surface area (Å²) in [6.45, 7) is 3.00. The fraction of sp³-hybridized carbons (Fsp3) is 0.562. The quantitative estimate of drug-likeness (QED) is 0.733. The van der Waals surface area contributed by atoms with Gasteiger partial charge in [-0.1, -0.05) is 11.6 Å². The maximum atomic E-state index is 12.6. The monoisotopic (exact) mass is 309 g/mol. The Bertz CT molecular complexity index is 482. The van der Waals surface area contributed by atoms with Crippen LogP contribution >= 0.6 is 23.4 Å². The molecule has 108 valence electrons. The van der Waals surface area contributed by atoms with E-state index in [1.807, 2.05) is 31.2 Å². The van der Waals surface area contributed by atoms with Crippen molar-refractivity contribution in [2.24, 2.45) is 5.92 Å². The summed E-state index contributed by atoms with van der Waals surface area (Å²) in [5.41, 5.74) is 0. The summed E-state index contributed by atoms with van der Waals surface area (Å²) in [6.07, 6.45) is 4.98. The van der Waals surface area contributed by atoms with Crippen molar-refractivity contribution in [3.8, 4) is 0 Å². The molecule has 0 N–H and O–H groups in total. The third-order valence-electron chi connectivity index (χ3n) is 3.90. The smallest absolute Gasteiger partial charge is 0.236 e. The van der Waals surface area contributed by atoms with Gasteiger partial charge < -0.3 is 4.90 Å². The summed E-state index contributed by atoms with van der Waals surface area (Å²) in [5, 5.41) is 0.720. The standard InChI is InChI=1S/C16H20ClNOS/c1-11(20-15-8-4-13(17)5-9-15)16(19)18(14-6-7-14)10-12-2-3-12/h4-5,8-9,11-12,14H,2-3,6-7,10H2,1H3. The Morgan fingerprint density at radius 3 is 2.50 bits per heavy atom. The molecule has 3 rings (SSSR count). The van der Waals surface area contributed by atoms with Crippen LogP contribution in [0.25, 0.3) is 0 Å². The summed E-state index contributed by atoms with van der Waals surface area (Å²) in [5.74, 6) is 1.08. The number of hydrogen-bond acceptors (Lipinski definition) is 2. The predicted molar refractivity (Wildman–Crippen MR) is 84.2 cm³/mol. The van der Waals surface area contributed by atoms with E-state index in [9.17, 15) is 4.79 Å². The minimum absolute atomic E-state index is 0.0180. The molecule has 0 heterocycles. The van der Waals surface area contributed by atoms with Gasteiger partial charge in [-0.2, -0.15) is 0 Å². The Hall–Kier alpha value is -0.670. The average molecular weight is 310 g/mol. The van der Waals surface area contributed by atoms with Gasteiger partial charge in [0.15, 0.2) is 0 Å². The lowest BCUT2D eigenvalue weighted by atomic mass is 10.3. The molecule has 2 fully saturated rings. The highest BCUT2D eigenvalue weighted by atomic mass is 35.5. The molecule has 1 aromatic rings. The summed E-state index contributed by atoms with van der Waals surface area (Å²) in [4.78, 5) is 15.9. The van der Waals surface area contributed by atoms with Crippen molar-refractivity contribution in [1.82, 2.24) is 4.90 Å². The number of thioether (sulfide) groups is 1. The van der Waals surface area contributed by atoms with Crippen LogP contribution in [-0.2, 0) is 4.79 Å².